The number of rotatable bonds is 4. The molecule has 0 aromatic carbocycles. The summed E-state index contributed by atoms with van der Waals surface area (Å²) in [5.41, 5.74) is -0.482. The molecule has 2 atom stereocenters. The van der Waals surface area contributed by atoms with Gasteiger partial charge in [0.25, 0.3) is 0 Å². The average molecular weight is 441 g/mol. The zero-order chi connectivity index (χ0) is 19.8. The molecule has 1 aromatic rings. The van der Waals surface area contributed by atoms with Gasteiger partial charge in [0.05, 0.1) is 5.60 Å². The lowest BCUT2D eigenvalue weighted by atomic mass is 9.81. The molecule has 0 radical (unpaired) electrons. The molecule has 8 heteroatoms. The Hall–Kier alpha value is -1.67. The first-order valence-corrected chi connectivity index (χ1v) is 9.88. The Bertz CT molecular complexity index is 702. The van der Waals surface area contributed by atoms with Crippen molar-refractivity contribution in [1.29, 1.82) is 0 Å². The van der Waals surface area contributed by atoms with Crippen LogP contribution in [0.4, 0.5) is 4.79 Å². The van der Waals surface area contributed by atoms with E-state index in [1.54, 1.807) is 6.20 Å². The summed E-state index contributed by atoms with van der Waals surface area (Å²) in [7, 11) is 0. The van der Waals surface area contributed by atoms with Crippen LogP contribution in [0.15, 0.2) is 22.9 Å². The number of carbonyl (C=O) groups excluding carboxylic acids is 1. The first-order valence-electron chi connectivity index (χ1n) is 9.09. The van der Waals surface area contributed by atoms with Gasteiger partial charge >= 0.3 is 12.1 Å². The van der Waals surface area contributed by atoms with Crippen molar-refractivity contribution in [1.82, 2.24) is 9.88 Å². The molecule has 2 aliphatic rings. The Morgan fingerprint density at radius 1 is 1.30 bits per heavy atom. The quantitative estimate of drug-likeness (QED) is 0.717. The second kappa shape index (κ2) is 7.39. The number of hydrogen-bond donors (Lipinski definition) is 1. The molecule has 1 amide bonds. The van der Waals surface area contributed by atoms with E-state index in [9.17, 15) is 9.59 Å². The zero-order valence-electron chi connectivity index (χ0n) is 15.8. The minimum absolute atomic E-state index is 0.0453. The summed E-state index contributed by atoms with van der Waals surface area (Å²) < 4.78 is 12.2. The highest BCUT2D eigenvalue weighted by Crippen LogP contribution is 2.48. The number of amides is 1. The van der Waals surface area contributed by atoms with Crippen LogP contribution >= 0.6 is 15.9 Å². The summed E-state index contributed by atoms with van der Waals surface area (Å²) in [6, 6.07) is 3.64. The van der Waals surface area contributed by atoms with Crippen LogP contribution in [-0.2, 0) is 19.9 Å². The molecule has 0 saturated carbocycles. The predicted molar refractivity (Wildman–Crippen MR) is 101 cm³/mol. The van der Waals surface area contributed by atoms with Gasteiger partial charge in [0, 0.05) is 36.7 Å². The smallest absolute Gasteiger partial charge is 0.410 e. The van der Waals surface area contributed by atoms with Crippen molar-refractivity contribution in [2.45, 2.75) is 69.7 Å². The normalized spacial score (nSPS) is 27.5. The lowest BCUT2D eigenvalue weighted by Gasteiger charge is -2.46. The third kappa shape index (κ3) is 4.43. The average Bonchev–Trinajstić information content (AvgIpc) is 2.84. The Morgan fingerprint density at radius 2 is 1.93 bits per heavy atom. The van der Waals surface area contributed by atoms with Crippen LogP contribution in [0.1, 0.15) is 52.0 Å². The third-order valence-corrected chi connectivity index (χ3v) is 5.55. The largest absolute Gasteiger partial charge is 0.480 e. The van der Waals surface area contributed by atoms with Crippen molar-refractivity contribution in [3.05, 3.63) is 28.5 Å². The molecular formula is C19H25BrN2O5. The second-order valence-corrected chi connectivity index (χ2v) is 9.04. The maximum atomic E-state index is 12.7. The van der Waals surface area contributed by atoms with Crippen LogP contribution < -0.4 is 0 Å². The molecule has 2 fully saturated rings. The number of nitrogens with zero attached hydrogens (tertiary/aromatic N) is 2. The molecule has 148 valence electrons. The Kier molecular flexibility index (Phi) is 5.49. The van der Waals surface area contributed by atoms with Gasteiger partial charge in [-0.15, -0.1) is 0 Å². The first-order chi connectivity index (χ1) is 12.6. The number of fused-ring (bicyclic) bond motifs is 2. The molecule has 0 spiro atoms. The lowest BCUT2D eigenvalue weighted by molar-refractivity contribution is -0.158. The van der Waals surface area contributed by atoms with Gasteiger partial charge in [0.2, 0.25) is 0 Å². The maximum Gasteiger partial charge on any atom is 0.410 e. The molecule has 1 N–H and O–H groups in total. The number of carbonyl (C=O) groups is 2. The van der Waals surface area contributed by atoms with Crippen molar-refractivity contribution < 1.29 is 24.2 Å². The number of aliphatic carboxylic acids is 1. The SMILES string of the molecule is CC(C)(C)OC(=O)N1C2CCC1CC(OCC(=O)O)(c1ccc(Br)nc1)C2. The van der Waals surface area contributed by atoms with Crippen LogP contribution in [0, 0.1) is 0 Å². The number of piperidine rings is 1. The van der Waals surface area contributed by atoms with Crippen molar-refractivity contribution in [2.24, 2.45) is 0 Å². The van der Waals surface area contributed by atoms with E-state index in [2.05, 4.69) is 20.9 Å². The Morgan fingerprint density at radius 3 is 2.41 bits per heavy atom. The zero-order valence-corrected chi connectivity index (χ0v) is 17.4. The molecule has 2 bridgehead atoms. The fourth-order valence-corrected chi connectivity index (χ4v) is 4.34. The number of ether oxygens (including phenoxy) is 2. The van der Waals surface area contributed by atoms with Crippen molar-refractivity contribution in [3.8, 4) is 0 Å². The molecule has 1 aromatic heterocycles. The fraction of sp³-hybridized carbons (Fsp3) is 0.632. The van der Waals surface area contributed by atoms with E-state index in [1.165, 1.54) is 0 Å². The number of pyridine rings is 1. The highest BCUT2D eigenvalue weighted by molar-refractivity contribution is 9.10. The fourth-order valence-electron chi connectivity index (χ4n) is 4.10. The van der Waals surface area contributed by atoms with Gasteiger partial charge in [-0.2, -0.15) is 0 Å². The molecule has 3 rings (SSSR count). The predicted octanol–water partition coefficient (Wildman–Crippen LogP) is 3.70. The van der Waals surface area contributed by atoms with E-state index < -0.39 is 17.2 Å². The van der Waals surface area contributed by atoms with Crippen LogP contribution in [0.2, 0.25) is 0 Å². The van der Waals surface area contributed by atoms with Gasteiger partial charge in [0.15, 0.2) is 0 Å². The van der Waals surface area contributed by atoms with Crippen LogP contribution in [0.5, 0.6) is 0 Å². The molecule has 7 nitrogen and oxygen atoms in total. The highest BCUT2D eigenvalue weighted by atomic mass is 79.9. The van der Waals surface area contributed by atoms with Gasteiger partial charge < -0.3 is 19.5 Å². The minimum atomic E-state index is -1.01. The van der Waals surface area contributed by atoms with Gasteiger partial charge in [-0.05, 0) is 55.6 Å². The number of carboxylic acid groups (broad SMARTS) is 1. The molecular weight excluding hydrogens is 416 g/mol. The third-order valence-electron chi connectivity index (χ3n) is 5.08. The van der Waals surface area contributed by atoms with Crippen LogP contribution in [0.3, 0.4) is 0 Å². The van der Waals surface area contributed by atoms with Crippen LogP contribution in [0.25, 0.3) is 0 Å². The number of carboxylic acids is 1. The summed E-state index contributed by atoms with van der Waals surface area (Å²) in [6.07, 6.45) is 4.17. The van der Waals surface area contributed by atoms with E-state index in [1.807, 2.05) is 37.8 Å². The van der Waals surface area contributed by atoms with E-state index in [-0.39, 0.29) is 24.8 Å². The summed E-state index contributed by atoms with van der Waals surface area (Å²) in [6.45, 7) is 5.17. The Labute approximate surface area is 167 Å². The van der Waals surface area contributed by atoms with Crippen molar-refractivity contribution in [3.63, 3.8) is 0 Å². The first kappa shape index (κ1) is 20.1. The summed E-state index contributed by atoms with van der Waals surface area (Å²) in [5.74, 6) is -1.01. The summed E-state index contributed by atoms with van der Waals surface area (Å²) in [4.78, 5) is 29.9. The van der Waals surface area contributed by atoms with Crippen molar-refractivity contribution >= 4 is 28.0 Å². The monoisotopic (exact) mass is 440 g/mol. The van der Waals surface area contributed by atoms with E-state index in [0.717, 1.165) is 18.4 Å². The Balaban J connectivity index is 1.87. The number of aromatic nitrogens is 1. The molecule has 3 heterocycles. The molecule has 27 heavy (non-hydrogen) atoms. The van der Waals surface area contributed by atoms with Crippen molar-refractivity contribution in [2.75, 3.05) is 6.61 Å². The summed E-state index contributed by atoms with van der Waals surface area (Å²) >= 11 is 3.33. The maximum absolute atomic E-state index is 12.7. The highest BCUT2D eigenvalue weighted by Gasteiger charge is 2.52. The van der Waals surface area contributed by atoms with E-state index >= 15 is 0 Å². The lowest BCUT2D eigenvalue weighted by Crippen LogP contribution is -2.54. The number of hydrogen-bond acceptors (Lipinski definition) is 5. The topological polar surface area (TPSA) is 89.0 Å². The van der Waals surface area contributed by atoms with Crippen LogP contribution in [-0.4, -0.2) is 51.3 Å². The van der Waals surface area contributed by atoms with Gasteiger partial charge in [-0.25, -0.2) is 14.6 Å². The second-order valence-electron chi connectivity index (χ2n) is 8.23. The molecule has 2 saturated heterocycles. The van der Waals surface area contributed by atoms with Gasteiger partial charge in [-0.1, -0.05) is 6.07 Å². The van der Waals surface area contributed by atoms with E-state index in [4.69, 9.17) is 14.6 Å². The minimum Gasteiger partial charge on any atom is -0.480 e. The van der Waals surface area contributed by atoms with Gasteiger partial charge in [0.1, 0.15) is 16.8 Å². The standard InChI is InChI=1S/C19H25BrN2O5/c1-18(2,3)27-17(25)22-13-5-6-14(22)9-19(8-13,26-11-16(23)24)12-4-7-15(20)21-10-12/h4,7,10,13-14H,5-6,8-9,11H2,1-3H3,(H,23,24). The molecule has 2 unspecified atom stereocenters. The molecule has 0 aliphatic carbocycles. The number of halogens is 1. The van der Waals surface area contributed by atoms with E-state index in [0.29, 0.717) is 17.4 Å². The van der Waals surface area contributed by atoms with Gasteiger partial charge in [-0.3, -0.25) is 0 Å². The molecule has 2 aliphatic heterocycles. The summed E-state index contributed by atoms with van der Waals surface area (Å²) in [5, 5.41) is 9.13.